The summed E-state index contributed by atoms with van der Waals surface area (Å²) in [6, 6.07) is 0.105. The molecule has 1 heterocycles. The maximum atomic E-state index is 12.1. The number of hydrogen-bond donors (Lipinski definition) is 3. The molecule has 0 aromatic carbocycles. The van der Waals surface area contributed by atoms with Gasteiger partial charge in [0.15, 0.2) is 0 Å². The third kappa shape index (κ3) is 4.57. The van der Waals surface area contributed by atoms with Gasteiger partial charge >= 0.3 is 5.97 Å². The number of unbranched alkanes of at least 4 members (excludes halogenated alkanes) is 1. The van der Waals surface area contributed by atoms with E-state index in [1.54, 1.807) is 0 Å². The number of amides is 1. The number of aromatic nitrogens is 1. The summed E-state index contributed by atoms with van der Waals surface area (Å²) in [4.78, 5) is 22.9. The molecule has 0 aliphatic rings. The van der Waals surface area contributed by atoms with Gasteiger partial charge in [-0.05, 0) is 12.5 Å². The Labute approximate surface area is 123 Å². The minimum atomic E-state index is -3.91. The molecule has 1 amide bonds. The Morgan fingerprint density at radius 1 is 1.48 bits per heavy atom. The molecule has 8 nitrogen and oxygen atoms in total. The minimum absolute atomic E-state index is 0.0294. The van der Waals surface area contributed by atoms with Gasteiger partial charge in [0, 0.05) is 13.2 Å². The number of rotatable bonds is 7. The third-order valence-corrected chi connectivity index (χ3v) is 3.87. The molecule has 0 bridgehead atoms. The smallest absolute Gasteiger partial charge is 0.326 e. The maximum absolute atomic E-state index is 12.1. The van der Waals surface area contributed by atoms with Crippen molar-refractivity contribution < 1.29 is 23.1 Å². The van der Waals surface area contributed by atoms with E-state index in [0.717, 1.165) is 12.5 Å². The molecule has 9 heteroatoms. The number of aliphatic carboxylic acids is 1. The number of carboxylic acid groups (broad SMARTS) is 1. The van der Waals surface area contributed by atoms with Gasteiger partial charge in [0.25, 0.3) is 5.91 Å². The number of nitrogens with two attached hydrogens (primary N) is 1. The molecule has 1 aromatic heterocycles. The first-order valence-electron chi connectivity index (χ1n) is 6.39. The zero-order valence-corrected chi connectivity index (χ0v) is 12.7. The van der Waals surface area contributed by atoms with Crippen LogP contribution in [0.1, 0.15) is 36.7 Å². The number of aryl methyl sites for hydroxylation is 1. The zero-order valence-electron chi connectivity index (χ0n) is 11.9. The van der Waals surface area contributed by atoms with E-state index in [9.17, 15) is 18.0 Å². The van der Waals surface area contributed by atoms with Crippen molar-refractivity contribution in [1.29, 1.82) is 0 Å². The highest BCUT2D eigenvalue weighted by Crippen LogP contribution is 2.12. The van der Waals surface area contributed by atoms with Crippen LogP contribution >= 0.6 is 0 Å². The second-order valence-corrected chi connectivity index (χ2v) is 6.28. The summed E-state index contributed by atoms with van der Waals surface area (Å²) in [6.45, 7) is 1.91. The highest BCUT2D eigenvalue weighted by Gasteiger charge is 2.23. The lowest BCUT2D eigenvalue weighted by molar-refractivity contribution is -0.139. The van der Waals surface area contributed by atoms with Gasteiger partial charge in [-0.25, -0.2) is 18.4 Å². The van der Waals surface area contributed by atoms with Crippen LogP contribution in [0.2, 0.25) is 0 Å². The SMILES string of the molecule is CCCCC(NC(=O)c1cc(S(N)(=O)=O)cn1C)C(=O)O. The highest BCUT2D eigenvalue weighted by atomic mass is 32.2. The van der Waals surface area contributed by atoms with E-state index in [4.69, 9.17) is 10.2 Å². The van der Waals surface area contributed by atoms with Crippen LogP contribution in [0.25, 0.3) is 0 Å². The first-order chi connectivity index (χ1) is 9.66. The summed E-state index contributed by atoms with van der Waals surface area (Å²) in [5, 5.41) is 16.4. The van der Waals surface area contributed by atoms with Gasteiger partial charge < -0.3 is 15.0 Å². The molecule has 1 unspecified atom stereocenters. The number of hydrogen-bond acceptors (Lipinski definition) is 4. The molecule has 1 rings (SSSR count). The number of carbonyl (C=O) groups excluding carboxylic acids is 1. The number of carboxylic acids is 1. The maximum Gasteiger partial charge on any atom is 0.326 e. The second kappa shape index (κ2) is 6.72. The van der Waals surface area contributed by atoms with E-state index in [0.29, 0.717) is 12.8 Å². The van der Waals surface area contributed by atoms with Crippen molar-refractivity contribution in [2.45, 2.75) is 37.1 Å². The van der Waals surface area contributed by atoms with E-state index < -0.39 is 27.9 Å². The van der Waals surface area contributed by atoms with Crippen LogP contribution in [0.3, 0.4) is 0 Å². The lowest BCUT2D eigenvalue weighted by Gasteiger charge is -2.14. The lowest BCUT2D eigenvalue weighted by Crippen LogP contribution is -2.41. The normalized spacial score (nSPS) is 12.9. The van der Waals surface area contributed by atoms with Crippen molar-refractivity contribution >= 4 is 21.9 Å². The Morgan fingerprint density at radius 3 is 2.52 bits per heavy atom. The minimum Gasteiger partial charge on any atom is -0.480 e. The third-order valence-electron chi connectivity index (χ3n) is 2.99. The molecule has 1 atom stereocenters. The summed E-state index contributed by atoms with van der Waals surface area (Å²) < 4.78 is 23.7. The van der Waals surface area contributed by atoms with Crippen LogP contribution in [0.15, 0.2) is 17.2 Å². The van der Waals surface area contributed by atoms with Crippen molar-refractivity contribution in [3.05, 3.63) is 18.0 Å². The van der Waals surface area contributed by atoms with Crippen LogP contribution in [0, 0.1) is 0 Å². The molecular weight excluding hydrogens is 298 g/mol. The molecule has 1 aromatic rings. The fourth-order valence-electron chi connectivity index (χ4n) is 1.81. The predicted octanol–water partition coefficient (Wildman–Crippen LogP) is 0.0457. The molecule has 0 radical (unpaired) electrons. The van der Waals surface area contributed by atoms with Gasteiger partial charge in [-0.3, -0.25) is 4.79 Å². The summed E-state index contributed by atoms with van der Waals surface area (Å²) >= 11 is 0. The number of sulfonamides is 1. The Morgan fingerprint density at radius 2 is 2.10 bits per heavy atom. The zero-order chi connectivity index (χ0) is 16.2. The van der Waals surface area contributed by atoms with Gasteiger partial charge in [0.2, 0.25) is 10.0 Å². The van der Waals surface area contributed by atoms with Gasteiger partial charge in [-0.15, -0.1) is 0 Å². The topological polar surface area (TPSA) is 131 Å². The predicted molar refractivity (Wildman–Crippen MR) is 75.2 cm³/mol. The lowest BCUT2D eigenvalue weighted by atomic mass is 10.1. The quantitative estimate of drug-likeness (QED) is 0.653. The molecular formula is C12H19N3O5S. The summed E-state index contributed by atoms with van der Waals surface area (Å²) in [5.41, 5.74) is 0.0294. The first-order valence-corrected chi connectivity index (χ1v) is 7.94. The standard InChI is InChI=1S/C12H19N3O5S/c1-3-4-5-9(12(17)18)14-11(16)10-6-8(7-15(10)2)21(13,19)20/h6-7,9H,3-5H2,1-2H3,(H,14,16)(H,17,18)(H2,13,19,20). The molecule has 0 aliphatic heterocycles. The van der Waals surface area contributed by atoms with E-state index in [1.165, 1.54) is 17.8 Å². The highest BCUT2D eigenvalue weighted by molar-refractivity contribution is 7.89. The molecule has 0 fully saturated rings. The monoisotopic (exact) mass is 317 g/mol. The van der Waals surface area contributed by atoms with Gasteiger partial charge in [0.05, 0.1) is 0 Å². The largest absolute Gasteiger partial charge is 0.480 e. The van der Waals surface area contributed by atoms with Crippen molar-refractivity contribution in [2.24, 2.45) is 12.2 Å². The Bertz CT molecular complexity index is 635. The molecule has 21 heavy (non-hydrogen) atoms. The van der Waals surface area contributed by atoms with Gasteiger partial charge in [-0.1, -0.05) is 19.8 Å². The number of nitrogens with zero attached hydrogens (tertiary/aromatic N) is 1. The first kappa shape index (κ1) is 17.2. The molecule has 0 saturated carbocycles. The van der Waals surface area contributed by atoms with Crippen LogP contribution < -0.4 is 10.5 Å². The fraction of sp³-hybridized carbons (Fsp3) is 0.500. The van der Waals surface area contributed by atoms with Crippen LogP contribution in [-0.2, 0) is 21.9 Å². The Kier molecular flexibility index (Phi) is 5.50. The number of nitrogens with one attached hydrogen (secondary N) is 1. The summed E-state index contributed by atoms with van der Waals surface area (Å²) in [7, 11) is -2.44. The van der Waals surface area contributed by atoms with E-state index in [2.05, 4.69) is 5.32 Å². The summed E-state index contributed by atoms with van der Waals surface area (Å²) in [6.07, 6.45) is 2.97. The van der Waals surface area contributed by atoms with Crippen molar-refractivity contribution in [2.75, 3.05) is 0 Å². The number of primary sulfonamides is 1. The van der Waals surface area contributed by atoms with Crippen molar-refractivity contribution in [3.8, 4) is 0 Å². The fourth-order valence-corrected chi connectivity index (χ4v) is 2.39. The Balaban J connectivity index is 2.93. The summed E-state index contributed by atoms with van der Waals surface area (Å²) in [5.74, 6) is -1.78. The average Bonchev–Trinajstić information content (AvgIpc) is 2.76. The van der Waals surface area contributed by atoms with E-state index in [1.807, 2.05) is 6.92 Å². The van der Waals surface area contributed by atoms with Crippen molar-refractivity contribution in [1.82, 2.24) is 9.88 Å². The molecule has 4 N–H and O–H groups in total. The average molecular weight is 317 g/mol. The van der Waals surface area contributed by atoms with Gasteiger partial charge in [-0.2, -0.15) is 0 Å². The van der Waals surface area contributed by atoms with Crippen molar-refractivity contribution in [3.63, 3.8) is 0 Å². The molecule has 0 spiro atoms. The van der Waals surface area contributed by atoms with Crippen LogP contribution in [0.4, 0.5) is 0 Å². The molecule has 118 valence electrons. The molecule has 0 saturated heterocycles. The number of carbonyl (C=O) groups is 2. The second-order valence-electron chi connectivity index (χ2n) is 4.72. The van der Waals surface area contributed by atoms with E-state index >= 15 is 0 Å². The Hall–Kier alpha value is -1.87. The van der Waals surface area contributed by atoms with Crippen LogP contribution in [0.5, 0.6) is 0 Å². The molecule has 0 aliphatic carbocycles. The van der Waals surface area contributed by atoms with E-state index in [-0.39, 0.29) is 10.6 Å². The van der Waals surface area contributed by atoms with Crippen LogP contribution in [-0.4, -0.2) is 36.0 Å². The van der Waals surface area contributed by atoms with Gasteiger partial charge in [0.1, 0.15) is 16.6 Å².